The minimum atomic E-state index is -0.939. The molecule has 2 N–H and O–H groups in total. The summed E-state index contributed by atoms with van der Waals surface area (Å²) in [5.74, 6) is -1.10. The molecule has 0 saturated heterocycles. The highest BCUT2D eigenvalue weighted by Crippen LogP contribution is 2.15. The second-order valence-electron chi connectivity index (χ2n) is 5.92. The van der Waals surface area contributed by atoms with Gasteiger partial charge in [-0.15, -0.1) is 0 Å². The van der Waals surface area contributed by atoms with Crippen LogP contribution in [0.15, 0.2) is 48.5 Å². The standard InChI is InChI=1S/C20H22ClNO4/c1-2-26-18-9-5-14(6-10-18)11-16(20(24)25)13-22-19(23)12-15-3-7-17(21)8-4-15/h3-10,16H,2,11-13H2,1H3,(H,22,23)(H,24,25). The Labute approximate surface area is 157 Å². The van der Waals surface area contributed by atoms with E-state index in [1.807, 2.05) is 31.2 Å². The van der Waals surface area contributed by atoms with Crippen molar-refractivity contribution >= 4 is 23.5 Å². The zero-order valence-electron chi connectivity index (χ0n) is 14.6. The van der Waals surface area contributed by atoms with Crippen LogP contribution in [-0.2, 0) is 22.4 Å². The van der Waals surface area contributed by atoms with Crippen LogP contribution in [0.1, 0.15) is 18.1 Å². The SMILES string of the molecule is CCOc1ccc(CC(CNC(=O)Cc2ccc(Cl)cc2)C(=O)O)cc1. The molecule has 0 aliphatic rings. The molecule has 0 spiro atoms. The van der Waals surface area contributed by atoms with Gasteiger partial charge in [0, 0.05) is 11.6 Å². The highest BCUT2D eigenvalue weighted by Gasteiger charge is 2.19. The van der Waals surface area contributed by atoms with Crippen molar-refractivity contribution in [2.24, 2.45) is 5.92 Å². The fraction of sp³-hybridized carbons (Fsp3) is 0.300. The number of nitrogens with one attached hydrogen (secondary N) is 1. The van der Waals surface area contributed by atoms with Crippen molar-refractivity contribution in [2.45, 2.75) is 19.8 Å². The van der Waals surface area contributed by atoms with E-state index in [0.29, 0.717) is 18.1 Å². The fourth-order valence-corrected chi connectivity index (χ4v) is 2.63. The number of hydrogen-bond donors (Lipinski definition) is 2. The van der Waals surface area contributed by atoms with Gasteiger partial charge in [-0.25, -0.2) is 0 Å². The predicted octanol–water partition coefficient (Wildman–Crippen LogP) is 3.34. The minimum Gasteiger partial charge on any atom is -0.494 e. The molecule has 6 heteroatoms. The monoisotopic (exact) mass is 375 g/mol. The second kappa shape index (κ2) is 9.82. The Bertz CT molecular complexity index is 728. The first-order valence-electron chi connectivity index (χ1n) is 8.43. The largest absolute Gasteiger partial charge is 0.494 e. The maximum Gasteiger partial charge on any atom is 0.308 e. The summed E-state index contributed by atoms with van der Waals surface area (Å²) in [4.78, 5) is 23.5. The van der Waals surface area contributed by atoms with Crippen molar-refractivity contribution in [2.75, 3.05) is 13.2 Å². The average Bonchev–Trinajstić information content (AvgIpc) is 2.62. The molecule has 2 rings (SSSR count). The van der Waals surface area contributed by atoms with Gasteiger partial charge in [0.05, 0.1) is 18.9 Å². The van der Waals surface area contributed by atoms with Crippen LogP contribution in [0.25, 0.3) is 0 Å². The first kappa shape index (κ1) is 19.8. The number of carbonyl (C=O) groups is 2. The summed E-state index contributed by atoms with van der Waals surface area (Å²) >= 11 is 5.82. The van der Waals surface area contributed by atoms with Gasteiger partial charge < -0.3 is 15.2 Å². The van der Waals surface area contributed by atoms with E-state index in [9.17, 15) is 14.7 Å². The summed E-state index contributed by atoms with van der Waals surface area (Å²) in [6.07, 6.45) is 0.523. The summed E-state index contributed by atoms with van der Waals surface area (Å²) in [5, 5.41) is 12.7. The van der Waals surface area contributed by atoms with E-state index in [0.717, 1.165) is 16.9 Å². The second-order valence-corrected chi connectivity index (χ2v) is 6.36. The highest BCUT2D eigenvalue weighted by atomic mass is 35.5. The zero-order valence-corrected chi connectivity index (χ0v) is 15.3. The number of carboxylic acid groups (broad SMARTS) is 1. The van der Waals surface area contributed by atoms with Crippen LogP contribution in [0.2, 0.25) is 5.02 Å². The smallest absolute Gasteiger partial charge is 0.308 e. The Morgan fingerprint density at radius 2 is 1.69 bits per heavy atom. The molecular formula is C20H22ClNO4. The van der Waals surface area contributed by atoms with Crippen molar-refractivity contribution in [1.29, 1.82) is 0 Å². The van der Waals surface area contributed by atoms with Crippen LogP contribution in [-0.4, -0.2) is 30.1 Å². The van der Waals surface area contributed by atoms with Crippen LogP contribution in [0, 0.1) is 5.92 Å². The Morgan fingerprint density at radius 1 is 1.08 bits per heavy atom. The summed E-state index contributed by atoms with van der Waals surface area (Å²) in [7, 11) is 0. The Morgan fingerprint density at radius 3 is 2.27 bits per heavy atom. The molecule has 1 unspecified atom stereocenters. The molecular weight excluding hydrogens is 354 g/mol. The van der Waals surface area contributed by atoms with Gasteiger partial charge in [0.15, 0.2) is 0 Å². The number of carbonyl (C=O) groups excluding carboxylic acids is 1. The molecule has 0 aliphatic heterocycles. The van der Waals surface area contributed by atoms with Crippen molar-refractivity contribution in [1.82, 2.24) is 5.32 Å². The lowest BCUT2D eigenvalue weighted by molar-refractivity contribution is -0.141. The van der Waals surface area contributed by atoms with E-state index in [1.54, 1.807) is 24.3 Å². The predicted molar refractivity (Wildman–Crippen MR) is 101 cm³/mol. The molecule has 0 aliphatic carbocycles. The molecule has 0 aromatic heterocycles. The third-order valence-electron chi connectivity index (χ3n) is 3.89. The van der Waals surface area contributed by atoms with E-state index < -0.39 is 11.9 Å². The normalized spacial score (nSPS) is 11.6. The van der Waals surface area contributed by atoms with Gasteiger partial charge in [0.25, 0.3) is 0 Å². The summed E-state index contributed by atoms with van der Waals surface area (Å²) in [6.45, 7) is 2.56. The first-order chi connectivity index (χ1) is 12.5. The zero-order chi connectivity index (χ0) is 18.9. The molecule has 5 nitrogen and oxygen atoms in total. The highest BCUT2D eigenvalue weighted by molar-refractivity contribution is 6.30. The lowest BCUT2D eigenvalue weighted by Gasteiger charge is -2.14. The van der Waals surface area contributed by atoms with Crippen molar-refractivity contribution in [3.05, 3.63) is 64.7 Å². The quantitative estimate of drug-likeness (QED) is 0.704. The fourth-order valence-electron chi connectivity index (χ4n) is 2.51. The lowest BCUT2D eigenvalue weighted by Crippen LogP contribution is -2.34. The maximum atomic E-state index is 12.0. The lowest BCUT2D eigenvalue weighted by atomic mass is 9.99. The van der Waals surface area contributed by atoms with E-state index >= 15 is 0 Å². The van der Waals surface area contributed by atoms with Crippen LogP contribution >= 0.6 is 11.6 Å². The van der Waals surface area contributed by atoms with E-state index in [1.165, 1.54) is 0 Å². The van der Waals surface area contributed by atoms with Gasteiger partial charge in [0.2, 0.25) is 5.91 Å². The van der Waals surface area contributed by atoms with Gasteiger partial charge in [0.1, 0.15) is 5.75 Å². The summed E-state index contributed by atoms with van der Waals surface area (Å²) in [6, 6.07) is 14.3. The molecule has 138 valence electrons. The molecule has 0 fully saturated rings. The van der Waals surface area contributed by atoms with Crippen LogP contribution in [0.4, 0.5) is 0 Å². The van der Waals surface area contributed by atoms with Gasteiger partial charge in [-0.3, -0.25) is 9.59 Å². The van der Waals surface area contributed by atoms with Gasteiger partial charge >= 0.3 is 5.97 Å². The van der Waals surface area contributed by atoms with Crippen molar-refractivity contribution in [3.63, 3.8) is 0 Å². The van der Waals surface area contributed by atoms with Gasteiger partial charge in [-0.05, 0) is 48.7 Å². The number of ether oxygens (including phenoxy) is 1. The first-order valence-corrected chi connectivity index (χ1v) is 8.81. The summed E-state index contributed by atoms with van der Waals surface area (Å²) < 4.78 is 5.37. The van der Waals surface area contributed by atoms with Crippen LogP contribution in [0.3, 0.4) is 0 Å². The summed E-state index contributed by atoms with van der Waals surface area (Å²) in [5.41, 5.74) is 1.71. The molecule has 1 atom stereocenters. The number of rotatable bonds is 9. The topological polar surface area (TPSA) is 75.6 Å². The Hall–Kier alpha value is -2.53. The number of amides is 1. The van der Waals surface area contributed by atoms with E-state index in [4.69, 9.17) is 16.3 Å². The molecule has 0 bridgehead atoms. The minimum absolute atomic E-state index is 0.0783. The molecule has 2 aromatic rings. The number of aliphatic carboxylic acids is 1. The number of hydrogen-bond acceptors (Lipinski definition) is 3. The van der Waals surface area contributed by atoms with Gasteiger partial charge in [-0.1, -0.05) is 35.9 Å². The van der Waals surface area contributed by atoms with E-state index in [2.05, 4.69) is 5.32 Å². The number of benzene rings is 2. The van der Waals surface area contributed by atoms with E-state index in [-0.39, 0.29) is 18.9 Å². The van der Waals surface area contributed by atoms with Crippen molar-refractivity contribution in [3.8, 4) is 5.75 Å². The third-order valence-corrected chi connectivity index (χ3v) is 4.14. The van der Waals surface area contributed by atoms with Crippen molar-refractivity contribution < 1.29 is 19.4 Å². The molecule has 0 radical (unpaired) electrons. The Balaban J connectivity index is 1.88. The van der Waals surface area contributed by atoms with Crippen LogP contribution < -0.4 is 10.1 Å². The number of halogens is 1. The van der Waals surface area contributed by atoms with Crippen LogP contribution in [0.5, 0.6) is 5.75 Å². The maximum absolute atomic E-state index is 12.0. The molecule has 2 aromatic carbocycles. The molecule has 0 saturated carbocycles. The third kappa shape index (κ3) is 6.41. The average molecular weight is 376 g/mol. The molecule has 0 heterocycles. The van der Waals surface area contributed by atoms with Gasteiger partial charge in [-0.2, -0.15) is 0 Å². The number of carboxylic acids is 1. The molecule has 1 amide bonds. The Kier molecular flexibility index (Phi) is 7.48. The molecule has 26 heavy (non-hydrogen) atoms.